The van der Waals surface area contributed by atoms with E-state index in [2.05, 4.69) is 22.9 Å². The van der Waals surface area contributed by atoms with Crippen molar-refractivity contribution in [1.82, 2.24) is 0 Å². The van der Waals surface area contributed by atoms with Gasteiger partial charge in [-0.2, -0.15) is 0 Å². The number of carbonyl (C=O) groups excluding carboxylic acids is 2. The summed E-state index contributed by atoms with van der Waals surface area (Å²) in [5.74, 6) is -0.728. The fourth-order valence-electron chi connectivity index (χ4n) is 2.94. The first-order valence-electron chi connectivity index (χ1n) is 10.8. The van der Waals surface area contributed by atoms with Crippen LogP contribution in [0.15, 0.2) is 22.7 Å². The highest BCUT2D eigenvalue weighted by molar-refractivity contribution is 9.10. The van der Waals surface area contributed by atoms with Crippen molar-refractivity contribution in [3.05, 3.63) is 28.5 Å². The minimum absolute atomic E-state index is 0.204. The van der Waals surface area contributed by atoms with Gasteiger partial charge in [0.05, 0.1) is 11.1 Å². The van der Waals surface area contributed by atoms with Crippen LogP contribution in [0.3, 0.4) is 0 Å². The molecule has 1 rings (SSSR count). The monoisotopic (exact) mass is 472 g/mol. The van der Waals surface area contributed by atoms with E-state index in [1.807, 2.05) is 0 Å². The van der Waals surface area contributed by atoms with E-state index in [1.165, 1.54) is 63.1 Å². The molecule has 164 valence electrons. The minimum Gasteiger partial charge on any atom is -0.466 e. The summed E-state index contributed by atoms with van der Waals surface area (Å²) in [6, 6.07) is 3.88. The van der Waals surface area contributed by atoms with Crippen LogP contribution in [0.25, 0.3) is 0 Å². The van der Waals surface area contributed by atoms with Crippen molar-refractivity contribution >= 4 is 27.9 Å². The van der Waals surface area contributed by atoms with Crippen molar-refractivity contribution in [1.29, 1.82) is 0 Å². The van der Waals surface area contributed by atoms with E-state index < -0.39 is 11.8 Å². The van der Waals surface area contributed by atoms with Gasteiger partial charge < -0.3 is 9.47 Å². The van der Waals surface area contributed by atoms with Crippen LogP contribution in [0.4, 0.5) is 4.39 Å². The largest absolute Gasteiger partial charge is 0.466 e. The summed E-state index contributed by atoms with van der Waals surface area (Å²) in [7, 11) is 0. The second kappa shape index (κ2) is 16.4. The van der Waals surface area contributed by atoms with Crippen LogP contribution >= 0.6 is 15.9 Å². The molecule has 0 N–H and O–H groups in total. The Morgan fingerprint density at radius 3 is 2.07 bits per heavy atom. The molecule has 0 saturated carbocycles. The lowest BCUT2D eigenvalue weighted by molar-refractivity contribution is -0.144. The number of esters is 2. The van der Waals surface area contributed by atoms with E-state index in [0.717, 1.165) is 12.8 Å². The lowest BCUT2D eigenvalue weighted by Crippen LogP contribution is -2.09. The number of halogens is 2. The van der Waals surface area contributed by atoms with Crippen molar-refractivity contribution in [2.45, 2.75) is 90.4 Å². The Labute approximate surface area is 182 Å². The molecule has 0 aliphatic rings. The summed E-state index contributed by atoms with van der Waals surface area (Å²) in [6.07, 6.45) is 12.7. The number of benzene rings is 1. The Morgan fingerprint density at radius 2 is 1.45 bits per heavy atom. The molecule has 0 spiro atoms. The molecule has 6 heteroatoms. The van der Waals surface area contributed by atoms with E-state index in [4.69, 9.17) is 9.47 Å². The van der Waals surface area contributed by atoms with Crippen molar-refractivity contribution in [2.24, 2.45) is 0 Å². The maximum absolute atomic E-state index is 13.0. The van der Waals surface area contributed by atoms with Gasteiger partial charge in [-0.15, -0.1) is 0 Å². The molecule has 1 aromatic rings. The first-order valence-corrected chi connectivity index (χ1v) is 11.6. The lowest BCUT2D eigenvalue weighted by atomic mass is 10.1. The highest BCUT2D eigenvalue weighted by Crippen LogP contribution is 2.26. The average molecular weight is 473 g/mol. The van der Waals surface area contributed by atoms with Gasteiger partial charge in [-0.1, -0.05) is 58.3 Å². The summed E-state index contributed by atoms with van der Waals surface area (Å²) in [5.41, 5.74) is 0. The van der Waals surface area contributed by atoms with Gasteiger partial charge in [-0.3, -0.25) is 9.59 Å². The second-order valence-electron chi connectivity index (χ2n) is 7.30. The van der Waals surface area contributed by atoms with Crippen LogP contribution in [0.2, 0.25) is 0 Å². The van der Waals surface area contributed by atoms with Gasteiger partial charge in [-0.05, 0) is 53.4 Å². The third-order valence-corrected chi connectivity index (χ3v) is 5.26. The molecule has 0 unspecified atom stereocenters. The van der Waals surface area contributed by atoms with E-state index in [9.17, 15) is 14.0 Å². The van der Waals surface area contributed by atoms with E-state index in [-0.39, 0.29) is 18.1 Å². The molecule has 0 aliphatic heterocycles. The minimum atomic E-state index is -0.405. The fraction of sp³-hybridized carbons (Fsp3) is 0.652. The first kappa shape index (κ1) is 25.6. The molecule has 0 radical (unpaired) electrons. The molecular weight excluding hydrogens is 439 g/mol. The topological polar surface area (TPSA) is 52.6 Å². The molecule has 29 heavy (non-hydrogen) atoms. The third kappa shape index (κ3) is 13.4. The summed E-state index contributed by atoms with van der Waals surface area (Å²) >= 11 is 3.15. The number of ether oxygens (including phenoxy) is 2. The van der Waals surface area contributed by atoms with Crippen LogP contribution < -0.4 is 4.74 Å². The van der Waals surface area contributed by atoms with Crippen LogP contribution in [-0.4, -0.2) is 18.5 Å². The van der Waals surface area contributed by atoms with Crippen LogP contribution in [0, 0.1) is 5.82 Å². The molecule has 0 aromatic heterocycles. The Kier molecular flexibility index (Phi) is 14.5. The number of carbonyl (C=O) groups is 2. The summed E-state index contributed by atoms with van der Waals surface area (Å²) in [6.45, 7) is 2.71. The molecule has 1 aromatic carbocycles. The van der Waals surface area contributed by atoms with Gasteiger partial charge in [-0.25, -0.2) is 4.39 Å². The third-order valence-electron chi connectivity index (χ3n) is 4.64. The van der Waals surface area contributed by atoms with Crippen LogP contribution in [0.1, 0.15) is 90.4 Å². The maximum Gasteiger partial charge on any atom is 0.311 e. The number of unbranched alkanes of at least 4 members (excludes halogenated alkanes) is 9. The highest BCUT2D eigenvalue weighted by Gasteiger charge is 2.10. The van der Waals surface area contributed by atoms with E-state index in [1.54, 1.807) is 0 Å². The summed E-state index contributed by atoms with van der Waals surface area (Å²) < 4.78 is 23.8. The van der Waals surface area contributed by atoms with Crippen molar-refractivity contribution in [2.75, 3.05) is 6.61 Å². The number of hydrogen-bond donors (Lipinski definition) is 0. The molecule has 0 heterocycles. The Balaban J connectivity index is 1.96. The maximum atomic E-state index is 13.0. The Hall–Kier alpha value is -1.43. The smallest absolute Gasteiger partial charge is 0.311 e. The Bertz CT molecular complexity index is 607. The van der Waals surface area contributed by atoms with E-state index >= 15 is 0 Å². The normalized spacial score (nSPS) is 10.7. The van der Waals surface area contributed by atoms with Crippen molar-refractivity contribution in [3.63, 3.8) is 0 Å². The van der Waals surface area contributed by atoms with Crippen molar-refractivity contribution < 1.29 is 23.5 Å². The SMILES string of the molecule is CCCCCCCCCCCOC(=O)CCCCC(=O)Oc1ccc(F)cc1Br. The zero-order valence-corrected chi connectivity index (χ0v) is 19.1. The molecule has 4 nitrogen and oxygen atoms in total. The zero-order valence-electron chi connectivity index (χ0n) is 17.5. The molecule has 0 amide bonds. The van der Waals surface area contributed by atoms with Gasteiger partial charge in [0.25, 0.3) is 0 Å². The fourth-order valence-corrected chi connectivity index (χ4v) is 3.37. The number of rotatable bonds is 16. The molecule has 0 fully saturated rings. The second-order valence-corrected chi connectivity index (χ2v) is 8.16. The predicted molar refractivity (Wildman–Crippen MR) is 116 cm³/mol. The Morgan fingerprint density at radius 1 is 0.862 bits per heavy atom. The summed E-state index contributed by atoms with van der Waals surface area (Å²) in [5, 5.41) is 0. The first-order chi connectivity index (χ1) is 14.0. The van der Waals surface area contributed by atoms with Gasteiger partial charge in [0.1, 0.15) is 11.6 Å². The lowest BCUT2D eigenvalue weighted by Gasteiger charge is -2.07. The highest BCUT2D eigenvalue weighted by atomic mass is 79.9. The molecule has 0 atom stereocenters. The van der Waals surface area contributed by atoms with Crippen molar-refractivity contribution in [3.8, 4) is 5.75 Å². The quantitative estimate of drug-likeness (QED) is 0.146. The molecule has 0 aliphatic carbocycles. The average Bonchev–Trinajstić information content (AvgIpc) is 2.69. The van der Waals surface area contributed by atoms with Crippen LogP contribution in [0.5, 0.6) is 5.75 Å². The van der Waals surface area contributed by atoms with Gasteiger partial charge in [0, 0.05) is 12.8 Å². The van der Waals surface area contributed by atoms with Gasteiger partial charge in [0.15, 0.2) is 0 Å². The van der Waals surface area contributed by atoms with Gasteiger partial charge >= 0.3 is 11.9 Å². The van der Waals surface area contributed by atoms with E-state index in [0.29, 0.717) is 30.3 Å². The molecular formula is C23H34BrFO4. The predicted octanol–water partition coefficient (Wildman–Crippen LogP) is 7.13. The summed E-state index contributed by atoms with van der Waals surface area (Å²) in [4.78, 5) is 23.5. The molecule has 0 bridgehead atoms. The van der Waals surface area contributed by atoms with Crippen LogP contribution in [-0.2, 0) is 14.3 Å². The molecule has 0 saturated heterocycles. The van der Waals surface area contributed by atoms with Gasteiger partial charge in [0.2, 0.25) is 0 Å². The standard InChI is InChI=1S/C23H34BrFO4/c1-2-3-4-5-6-7-8-9-12-17-28-22(26)13-10-11-14-23(27)29-21-16-15-19(25)18-20(21)24/h15-16,18H,2-14,17H2,1H3. The zero-order chi connectivity index (χ0) is 21.3. The number of hydrogen-bond acceptors (Lipinski definition) is 4.